The lowest BCUT2D eigenvalue weighted by atomic mass is 10.1. The number of hydrogen-bond acceptors (Lipinski definition) is 3. The van der Waals surface area contributed by atoms with Gasteiger partial charge in [-0.2, -0.15) is 0 Å². The Bertz CT molecular complexity index is 592. The molecule has 0 aliphatic heterocycles. The number of rotatable bonds is 4. The number of carbonyl (C=O) groups excluding carboxylic acids is 1. The van der Waals surface area contributed by atoms with E-state index in [-0.39, 0.29) is 5.78 Å². The van der Waals surface area contributed by atoms with Crippen molar-refractivity contribution >= 4 is 17.5 Å². The minimum Gasteiger partial charge on any atom is -0.337 e. The summed E-state index contributed by atoms with van der Waals surface area (Å²) in [5.41, 5.74) is 3.90. The van der Waals surface area contributed by atoms with E-state index < -0.39 is 0 Å². The number of H-pyrrole nitrogens is 1. The number of thioether (sulfide) groups is 1. The zero-order chi connectivity index (χ0) is 13.8. The molecule has 0 unspecified atom stereocenters. The Balaban J connectivity index is 1.99. The molecule has 0 atom stereocenters. The van der Waals surface area contributed by atoms with Crippen LogP contribution in [0.15, 0.2) is 40.9 Å². The lowest BCUT2D eigenvalue weighted by molar-refractivity contribution is 0.104. The molecule has 4 heteroatoms. The van der Waals surface area contributed by atoms with Crippen LogP contribution in [0.25, 0.3) is 0 Å². The number of aryl methyl sites for hydroxylation is 3. The van der Waals surface area contributed by atoms with Crippen molar-refractivity contribution in [3.05, 3.63) is 58.3 Å². The van der Waals surface area contributed by atoms with Crippen LogP contribution in [-0.4, -0.2) is 15.8 Å². The highest BCUT2D eigenvalue weighted by atomic mass is 32.2. The van der Waals surface area contributed by atoms with Crippen LogP contribution in [0.4, 0.5) is 0 Å². The lowest BCUT2D eigenvalue weighted by Crippen LogP contribution is -1.93. The predicted molar refractivity (Wildman–Crippen MR) is 78.6 cm³/mol. The molecule has 0 spiro atoms. The van der Waals surface area contributed by atoms with Crippen molar-refractivity contribution in [1.29, 1.82) is 0 Å². The molecule has 0 fully saturated rings. The van der Waals surface area contributed by atoms with Crippen LogP contribution in [0.1, 0.15) is 27.3 Å². The summed E-state index contributed by atoms with van der Waals surface area (Å²) in [4.78, 5) is 19.4. The highest BCUT2D eigenvalue weighted by Gasteiger charge is 2.03. The van der Waals surface area contributed by atoms with Gasteiger partial charge in [0.2, 0.25) is 0 Å². The van der Waals surface area contributed by atoms with Gasteiger partial charge in [0, 0.05) is 11.3 Å². The molecular formula is C15H16N2OS. The van der Waals surface area contributed by atoms with Gasteiger partial charge in [-0.25, -0.2) is 4.98 Å². The number of hydrogen-bond donors (Lipinski definition) is 1. The SMILES string of the molecule is Cc1ccc(C(=O)/C=C/Sc2nc(C)c(C)[nH]2)cc1. The van der Waals surface area contributed by atoms with Crippen molar-refractivity contribution in [2.75, 3.05) is 0 Å². The minimum atomic E-state index is 0.00694. The van der Waals surface area contributed by atoms with Crippen LogP contribution in [0.2, 0.25) is 0 Å². The van der Waals surface area contributed by atoms with Crippen molar-refractivity contribution in [2.24, 2.45) is 0 Å². The molecule has 0 bridgehead atoms. The van der Waals surface area contributed by atoms with Gasteiger partial charge in [-0.05, 0) is 32.3 Å². The Morgan fingerprint density at radius 3 is 2.47 bits per heavy atom. The van der Waals surface area contributed by atoms with Crippen LogP contribution in [0, 0.1) is 20.8 Å². The van der Waals surface area contributed by atoms with Gasteiger partial charge in [0.25, 0.3) is 0 Å². The number of nitrogens with zero attached hydrogens (tertiary/aromatic N) is 1. The molecule has 98 valence electrons. The fourth-order valence-corrected chi connectivity index (χ4v) is 2.27. The van der Waals surface area contributed by atoms with E-state index in [1.807, 2.05) is 45.0 Å². The van der Waals surface area contributed by atoms with Gasteiger partial charge >= 0.3 is 0 Å². The van der Waals surface area contributed by atoms with Gasteiger partial charge in [0.1, 0.15) is 0 Å². The predicted octanol–water partition coefficient (Wildman–Crippen LogP) is 3.82. The number of benzene rings is 1. The van der Waals surface area contributed by atoms with Gasteiger partial charge in [0.05, 0.1) is 5.69 Å². The maximum absolute atomic E-state index is 11.9. The molecule has 1 aromatic carbocycles. The zero-order valence-corrected chi connectivity index (χ0v) is 12.0. The molecular weight excluding hydrogens is 256 g/mol. The summed E-state index contributed by atoms with van der Waals surface area (Å²) in [7, 11) is 0. The van der Waals surface area contributed by atoms with Crippen molar-refractivity contribution in [1.82, 2.24) is 9.97 Å². The second kappa shape index (κ2) is 5.89. The lowest BCUT2D eigenvalue weighted by Gasteiger charge is -1.96. The minimum absolute atomic E-state index is 0.00694. The number of ketones is 1. The molecule has 0 aliphatic carbocycles. The number of nitrogens with one attached hydrogen (secondary N) is 1. The quantitative estimate of drug-likeness (QED) is 0.523. The first kappa shape index (κ1) is 13.6. The maximum atomic E-state index is 11.9. The van der Waals surface area contributed by atoms with Gasteiger partial charge in [-0.15, -0.1) is 0 Å². The summed E-state index contributed by atoms with van der Waals surface area (Å²) < 4.78 is 0. The largest absolute Gasteiger partial charge is 0.337 e. The Kier molecular flexibility index (Phi) is 4.22. The van der Waals surface area contributed by atoms with Crippen LogP contribution in [0.5, 0.6) is 0 Å². The molecule has 0 aliphatic rings. The highest BCUT2D eigenvalue weighted by molar-refractivity contribution is 8.02. The number of allylic oxidation sites excluding steroid dienone is 1. The third-order valence-electron chi connectivity index (χ3n) is 2.84. The summed E-state index contributed by atoms with van der Waals surface area (Å²) >= 11 is 1.41. The van der Waals surface area contributed by atoms with Gasteiger partial charge in [0.15, 0.2) is 10.9 Å². The third-order valence-corrected chi connectivity index (χ3v) is 3.53. The Hall–Kier alpha value is -1.81. The van der Waals surface area contributed by atoms with E-state index in [2.05, 4.69) is 9.97 Å². The van der Waals surface area contributed by atoms with Crippen LogP contribution >= 0.6 is 11.8 Å². The zero-order valence-electron chi connectivity index (χ0n) is 11.2. The van der Waals surface area contributed by atoms with E-state index in [9.17, 15) is 4.79 Å². The summed E-state index contributed by atoms with van der Waals surface area (Å²) in [5.74, 6) is 0.00694. The monoisotopic (exact) mass is 272 g/mol. The fraction of sp³-hybridized carbons (Fsp3) is 0.200. The maximum Gasteiger partial charge on any atom is 0.186 e. The van der Waals surface area contributed by atoms with Crippen LogP contribution < -0.4 is 0 Å². The number of imidazole rings is 1. The van der Waals surface area contributed by atoms with Crippen molar-refractivity contribution in [3.8, 4) is 0 Å². The first-order valence-electron chi connectivity index (χ1n) is 6.03. The molecule has 1 N–H and O–H groups in total. The summed E-state index contributed by atoms with van der Waals surface area (Å²) in [5, 5.41) is 2.57. The second-order valence-corrected chi connectivity index (χ2v) is 5.30. The molecule has 0 saturated carbocycles. The van der Waals surface area contributed by atoms with E-state index in [4.69, 9.17) is 0 Å². The number of aromatic nitrogens is 2. The molecule has 0 amide bonds. The normalized spacial score (nSPS) is 11.1. The van der Waals surface area contributed by atoms with E-state index in [1.165, 1.54) is 11.8 Å². The van der Waals surface area contributed by atoms with E-state index in [0.29, 0.717) is 5.56 Å². The first-order valence-corrected chi connectivity index (χ1v) is 6.91. The summed E-state index contributed by atoms with van der Waals surface area (Å²) in [6.07, 6.45) is 1.57. The second-order valence-electron chi connectivity index (χ2n) is 4.40. The Morgan fingerprint density at radius 2 is 1.89 bits per heavy atom. The molecule has 0 radical (unpaired) electrons. The van der Waals surface area contributed by atoms with E-state index in [0.717, 1.165) is 22.1 Å². The van der Waals surface area contributed by atoms with E-state index >= 15 is 0 Å². The van der Waals surface area contributed by atoms with Crippen LogP contribution in [-0.2, 0) is 0 Å². The van der Waals surface area contributed by atoms with Crippen molar-refractivity contribution in [2.45, 2.75) is 25.9 Å². The van der Waals surface area contributed by atoms with Gasteiger partial charge in [-0.1, -0.05) is 41.6 Å². The average molecular weight is 272 g/mol. The molecule has 0 saturated heterocycles. The molecule has 2 aromatic rings. The molecule has 1 heterocycles. The number of aromatic amines is 1. The summed E-state index contributed by atoms with van der Waals surface area (Å²) in [6, 6.07) is 7.56. The first-order chi connectivity index (χ1) is 9.06. The third kappa shape index (κ3) is 3.58. The average Bonchev–Trinajstić information content (AvgIpc) is 2.69. The summed E-state index contributed by atoms with van der Waals surface area (Å²) in [6.45, 7) is 5.94. The fourth-order valence-electron chi connectivity index (χ4n) is 1.55. The standard InChI is InChI=1S/C15H16N2OS/c1-10-4-6-13(7-5-10)14(18)8-9-19-15-16-11(2)12(3)17-15/h4-9H,1-3H3,(H,16,17)/b9-8+. The smallest absolute Gasteiger partial charge is 0.186 e. The van der Waals surface area contributed by atoms with Crippen molar-refractivity contribution < 1.29 is 4.79 Å². The molecule has 1 aromatic heterocycles. The van der Waals surface area contributed by atoms with Crippen molar-refractivity contribution in [3.63, 3.8) is 0 Å². The van der Waals surface area contributed by atoms with Crippen LogP contribution in [0.3, 0.4) is 0 Å². The highest BCUT2D eigenvalue weighted by Crippen LogP contribution is 2.17. The Labute approximate surface area is 117 Å². The van der Waals surface area contributed by atoms with Gasteiger partial charge < -0.3 is 4.98 Å². The Morgan fingerprint density at radius 1 is 1.21 bits per heavy atom. The molecule has 3 nitrogen and oxygen atoms in total. The van der Waals surface area contributed by atoms with Gasteiger partial charge in [-0.3, -0.25) is 4.79 Å². The molecule has 2 rings (SSSR count). The molecule has 19 heavy (non-hydrogen) atoms. The number of carbonyl (C=O) groups is 1. The van der Waals surface area contributed by atoms with E-state index in [1.54, 1.807) is 11.5 Å². The topological polar surface area (TPSA) is 45.8 Å².